The van der Waals surface area contributed by atoms with Gasteiger partial charge in [0.05, 0.1) is 6.17 Å². The summed E-state index contributed by atoms with van der Waals surface area (Å²) in [6, 6.07) is 0. The minimum Gasteiger partial charge on any atom is -0.286 e. The summed E-state index contributed by atoms with van der Waals surface area (Å²) in [5.41, 5.74) is 0. The van der Waals surface area contributed by atoms with Gasteiger partial charge in [0, 0.05) is 13.1 Å². The standard InChI is InChI=1S/C10H18N2/c1-3-9-4-2-6-12-8-7-11(5-1)10(9)12/h9-10H,1-8H2. The van der Waals surface area contributed by atoms with E-state index in [0.717, 1.165) is 12.1 Å². The van der Waals surface area contributed by atoms with Crippen LogP contribution >= 0.6 is 0 Å². The molecule has 12 heavy (non-hydrogen) atoms. The molecule has 2 nitrogen and oxygen atoms in total. The van der Waals surface area contributed by atoms with Gasteiger partial charge in [0.25, 0.3) is 0 Å². The van der Waals surface area contributed by atoms with E-state index >= 15 is 0 Å². The zero-order valence-corrected chi connectivity index (χ0v) is 7.71. The van der Waals surface area contributed by atoms with Crippen molar-refractivity contribution in [3.8, 4) is 0 Å². The molecule has 0 N–H and O–H groups in total. The van der Waals surface area contributed by atoms with Crippen molar-refractivity contribution in [2.45, 2.75) is 31.8 Å². The Morgan fingerprint density at radius 2 is 1.33 bits per heavy atom. The fourth-order valence-electron chi connectivity index (χ4n) is 3.39. The first-order valence-corrected chi connectivity index (χ1v) is 5.43. The summed E-state index contributed by atoms with van der Waals surface area (Å²) < 4.78 is 0. The van der Waals surface area contributed by atoms with E-state index in [-0.39, 0.29) is 0 Å². The fraction of sp³-hybridized carbons (Fsp3) is 1.00. The van der Waals surface area contributed by atoms with E-state index in [0.29, 0.717) is 0 Å². The van der Waals surface area contributed by atoms with Gasteiger partial charge in [0.1, 0.15) is 0 Å². The largest absolute Gasteiger partial charge is 0.286 e. The lowest BCUT2D eigenvalue weighted by molar-refractivity contribution is 0.0121. The molecular formula is C10H18N2. The Hall–Kier alpha value is -0.0800. The molecule has 0 bridgehead atoms. The lowest BCUT2D eigenvalue weighted by Gasteiger charge is -2.43. The van der Waals surface area contributed by atoms with Gasteiger partial charge in [-0.2, -0.15) is 0 Å². The summed E-state index contributed by atoms with van der Waals surface area (Å²) in [5.74, 6) is 1.02. The van der Waals surface area contributed by atoms with E-state index in [2.05, 4.69) is 9.80 Å². The number of hydrogen-bond acceptors (Lipinski definition) is 2. The number of hydrogen-bond donors (Lipinski definition) is 0. The molecule has 0 saturated carbocycles. The van der Waals surface area contributed by atoms with E-state index in [1.54, 1.807) is 0 Å². The quantitative estimate of drug-likeness (QED) is 0.532. The van der Waals surface area contributed by atoms with Crippen molar-refractivity contribution in [2.24, 2.45) is 5.92 Å². The van der Waals surface area contributed by atoms with E-state index in [4.69, 9.17) is 0 Å². The smallest absolute Gasteiger partial charge is 0.0652 e. The Kier molecular flexibility index (Phi) is 1.66. The van der Waals surface area contributed by atoms with Crippen LogP contribution in [0.4, 0.5) is 0 Å². The van der Waals surface area contributed by atoms with Gasteiger partial charge in [-0.25, -0.2) is 0 Å². The van der Waals surface area contributed by atoms with Crippen LogP contribution in [0.15, 0.2) is 0 Å². The summed E-state index contributed by atoms with van der Waals surface area (Å²) >= 11 is 0. The molecule has 0 unspecified atom stereocenters. The van der Waals surface area contributed by atoms with Gasteiger partial charge in [-0.05, 0) is 44.7 Å². The van der Waals surface area contributed by atoms with E-state index in [1.807, 2.05) is 0 Å². The first-order valence-electron chi connectivity index (χ1n) is 5.43. The molecule has 0 amide bonds. The predicted octanol–water partition coefficient (Wildman–Crippen LogP) is 1.13. The van der Waals surface area contributed by atoms with E-state index in [1.165, 1.54) is 51.9 Å². The first kappa shape index (κ1) is 7.34. The molecule has 3 aliphatic heterocycles. The van der Waals surface area contributed by atoms with Crippen molar-refractivity contribution in [1.82, 2.24) is 9.80 Å². The predicted molar refractivity (Wildman–Crippen MR) is 48.9 cm³/mol. The highest BCUT2D eigenvalue weighted by Crippen LogP contribution is 2.36. The summed E-state index contributed by atoms with van der Waals surface area (Å²) in [4.78, 5) is 5.43. The van der Waals surface area contributed by atoms with Gasteiger partial charge in [-0.3, -0.25) is 9.80 Å². The second-order valence-electron chi connectivity index (χ2n) is 4.53. The van der Waals surface area contributed by atoms with Crippen molar-refractivity contribution in [3.63, 3.8) is 0 Å². The van der Waals surface area contributed by atoms with Crippen LogP contribution in [-0.4, -0.2) is 42.1 Å². The Balaban J connectivity index is 1.84. The first-order chi connectivity index (χ1) is 5.95. The lowest BCUT2D eigenvalue weighted by Crippen LogP contribution is -2.50. The van der Waals surface area contributed by atoms with Gasteiger partial charge < -0.3 is 0 Å². The molecule has 3 fully saturated rings. The molecule has 0 spiro atoms. The van der Waals surface area contributed by atoms with Crippen LogP contribution < -0.4 is 0 Å². The molecule has 3 aliphatic rings. The molecule has 0 aromatic heterocycles. The van der Waals surface area contributed by atoms with Crippen molar-refractivity contribution < 1.29 is 0 Å². The van der Waals surface area contributed by atoms with Crippen LogP contribution in [-0.2, 0) is 0 Å². The molecule has 0 aromatic carbocycles. The average Bonchev–Trinajstić information content (AvgIpc) is 2.52. The highest BCUT2D eigenvalue weighted by molar-refractivity contribution is 4.92. The summed E-state index contributed by atoms with van der Waals surface area (Å²) in [6.07, 6.45) is 6.77. The van der Waals surface area contributed by atoms with E-state index < -0.39 is 0 Å². The fourth-order valence-corrected chi connectivity index (χ4v) is 3.39. The Labute approximate surface area is 74.5 Å². The maximum atomic E-state index is 2.72. The molecule has 2 heteroatoms. The third kappa shape index (κ3) is 0.944. The monoisotopic (exact) mass is 166 g/mol. The zero-order chi connectivity index (χ0) is 7.97. The van der Waals surface area contributed by atoms with Crippen molar-refractivity contribution >= 4 is 0 Å². The molecule has 0 aliphatic carbocycles. The van der Waals surface area contributed by atoms with Crippen molar-refractivity contribution in [2.75, 3.05) is 26.2 Å². The van der Waals surface area contributed by atoms with Crippen LogP contribution in [0.2, 0.25) is 0 Å². The minimum atomic E-state index is 0.868. The van der Waals surface area contributed by atoms with Crippen LogP contribution in [0.25, 0.3) is 0 Å². The topological polar surface area (TPSA) is 6.48 Å². The molecule has 0 radical (unpaired) electrons. The number of nitrogens with zero attached hydrogens (tertiary/aromatic N) is 2. The maximum absolute atomic E-state index is 2.72. The van der Waals surface area contributed by atoms with Crippen molar-refractivity contribution in [1.29, 1.82) is 0 Å². The second kappa shape index (κ2) is 2.71. The Morgan fingerprint density at radius 3 is 1.92 bits per heavy atom. The molecule has 3 heterocycles. The highest BCUT2D eigenvalue weighted by Gasteiger charge is 2.41. The van der Waals surface area contributed by atoms with Gasteiger partial charge in [-0.1, -0.05) is 0 Å². The number of piperidine rings is 2. The molecule has 3 rings (SSSR count). The Morgan fingerprint density at radius 1 is 0.750 bits per heavy atom. The van der Waals surface area contributed by atoms with Gasteiger partial charge in [0.2, 0.25) is 0 Å². The molecule has 0 aromatic rings. The molecule has 0 atom stereocenters. The van der Waals surface area contributed by atoms with Gasteiger partial charge in [0.15, 0.2) is 0 Å². The number of rotatable bonds is 0. The Bertz CT molecular complexity index is 163. The van der Waals surface area contributed by atoms with Crippen molar-refractivity contribution in [3.05, 3.63) is 0 Å². The van der Waals surface area contributed by atoms with Crippen LogP contribution in [0.1, 0.15) is 25.7 Å². The van der Waals surface area contributed by atoms with Crippen LogP contribution in [0.5, 0.6) is 0 Å². The zero-order valence-electron chi connectivity index (χ0n) is 7.71. The minimum absolute atomic E-state index is 0.868. The summed E-state index contributed by atoms with van der Waals surface area (Å²) in [5, 5.41) is 0. The SMILES string of the molecule is C1CC2CCCN3CCN(C1)C23. The molecular weight excluding hydrogens is 148 g/mol. The lowest BCUT2D eigenvalue weighted by atomic mass is 9.87. The normalized spacial score (nSPS) is 43.0. The molecule has 3 saturated heterocycles. The third-order valence-electron chi connectivity index (χ3n) is 3.88. The second-order valence-corrected chi connectivity index (χ2v) is 4.53. The van der Waals surface area contributed by atoms with Crippen LogP contribution in [0.3, 0.4) is 0 Å². The average molecular weight is 166 g/mol. The third-order valence-corrected chi connectivity index (χ3v) is 3.88. The van der Waals surface area contributed by atoms with Crippen LogP contribution in [0, 0.1) is 5.92 Å². The summed E-state index contributed by atoms with van der Waals surface area (Å²) in [7, 11) is 0. The summed E-state index contributed by atoms with van der Waals surface area (Å²) in [6.45, 7) is 5.44. The van der Waals surface area contributed by atoms with Gasteiger partial charge >= 0.3 is 0 Å². The highest BCUT2D eigenvalue weighted by atomic mass is 15.4. The van der Waals surface area contributed by atoms with E-state index in [9.17, 15) is 0 Å². The molecule has 68 valence electrons. The van der Waals surface area contributed by atoms with Gasteiger partial charge in [-0.15, -0.1) is 0 Å². The maximum Gasteiger partial charge on any atom is 0.0652 e.